The van der Waals surface area contributed by atoms with Crippen molar-refractivity contribution in [3.63, 3.8) is 0 Å². The lowest BCUT2D eigenvalue weighted by Crippen LogP contribution is -2.22. The van der Waals surface area contributed by atoms with Gasteiger partial charge in [0.15, 0.2) is 0 Å². The van der Waals surface area contributed by atoms with E-state index in [1.54, 1.807) is 0 Å². The molecule has 1 N–H and O–H groups in total. The smallest absolute Gasteiger partial charge is 0.139 e. The molecule has 8 heteroatoms. The van der Waals surface area contributed by atoms with Crippen molar-refractivity contribution in [1.82, 2.24) is 20.0 Å². The first kappa shape index (κ1) is 21.7. The molecule has 0 saturated heterocycles. The van der Waals surface area contributed by atoms with Crippen LogP contribution in [0.5, 0.6) is 0 Å². The number of aromatic nitrogens is 4. The summed E-state index contributed by atoms with van der Waals surface area (Å²) in [6.45, 7) is 8.47. The van der Waals surface area contributed by atoms with Gasteiger partial charge in [-0.1, -0.05) is 31.8 Å². The van der Waals surface area contributed by atoms with Gasteiger partial charge in [0.05, 0.1) is 23.4 Å². The predicted molar refractivity (Wildman–Crippen MR) is 135 cm³/mol. The quantitative estimate of drug-likeness (QED) is 0.167. The summed E-state index contributed by atoms with van der Waals surface area (Å²) in [7, 11) is -0.998. The zero-order valence-electron chi connectivity index (χ0n) is 16.2. The van der Waals surface area contributed by atoms with Gasteiger partial charge in [-0.05, 0) is 75.5 Å². The third kappa shape index (κ3) is 6.26. The van der Waals surface area contributed by atoms with Gasteiger partial charge >= 0.3 is 0 Å². The fraction of sp³-hybridized carbons (Fsp3) is 0.300. The molecule has 0 aliphatic rings. The molecule has 0 fully saturated rings. The second-order valence-corrected chi connectivity index (χ2v) is 15.9. The van der Waals surface area contributed by atoms with Crippen molar-refractivity contribution < 1.29 is 4.74 Å². The maximum Gasteiger partial charge on any atom is 0.139 e. The minimum absolute atomic E-state index is 0.550. The van der Waals surface area contributed by atoms with E-state index in [4.69, 9.17) is 4.74 Å². The Hall–Kier alpha value is -0.983. The van der Waals surface area contributed by atoms with Crippen LogP contribution in [0, 0.1) is 7.14 Å². The van der Waals surface area contributed by atoms with Crippen LogP contribution in [0.1, 0.15) is 0 Å². The van der Waals surface area contributed by atoms with Crippen molar-refractivity contribution in [3.05, 3.63) is 55.9 Å². The van der Waals surface area contributed by atoms with Crippen LogP contribution in [-0.4, -0.2) is 34.7 Å². The SMILES string of the molecule is C[Si](C)(C)CCOCn1ncc2ccc(I)cc21.Ic1ccc2cn[nH]c2c1. The van der Waals surface area contributed by atoms with Gasteiger partial charge < -0.3 is 4.74 Å². The Bertz CT molecular complexity index is 1060. The molecule has 0 radical (unpaired) electrons. The van der Waals surface area contributed by atoms with Crippen LogP contribution in [-0.2, 0) is 11.5 Å². The number of aromatic amines is 1. The molecular formula is C20H24I2N4OSi. The van der Waals surface area contributed by atoms with Gasteiger partial charge in [-0.3, -0.25) is 5.10 Å². The van der Waals surface area contributed by atoms with E-state index in [2.05, 4.69) is 117 Å². The minimum Gasteiger partial charge on any atom is -0.360 e. The topological polar surface area (TPSA) is 55.7 Å². The molecule has 0 aliphatic heterocycles. The number of H-pyrrole nitrogens is 1. The van der Waals surface area contributed by atoms with Gasteiger partial charge in [0.25, 0.3) is 0 Å². The summed E-state index contributed by atoms with van der Waals surface area (Å²) in [6, 6.07) is 13.7. The Balaban J connectivity index is 0.000000188. The van der Waals surface area contributed by atoms with E-state index in [-0.39, 0.29) is 0 Å². The first-order valence-electron chi connectivity index (χ1n) is 9.09. The number of nitrogens with one attached hydrogen (secondary N) is 1. The Morgan fingerprint density at radius 1 is 1.00 bits per heavy atom. The molecule has 5 nitrogen and oxygen atoms in total. The van der Waals surface area contributed by atoms with Crippen molar-refractivity contribution in [2.24, 2.45) is 0 Å². The average molecular weight is 618 g/mol. The lowest BCUT2D eigenvalue weighted by Gasteiger charge is -2.15. The molecule has 4 rings (SSSR count). The van der Waals surface area contributed by atoms with Gasteiger partial charge in [-0.2, -0.15) is 10.2 Å². The number of ether oxygens (including phenoxy) is 1. The maximum atomic E-state index is 5.73. The molecule has 0 unspecified atom stereocenters. The summed E-state index contributed by atoms with van der Waals surface area (Å²) in [5.41, 5.74) is 2.25. The van der Waals surface area contributed by atoms with Gasteiger partial charge in [0.1, 0.15) is 6.73 Å². The molecule has 2 heterocycles. The van der Waals surface area contributed by atoms with E-state index in [1.165, 1.54) is 24.0 Å². The summed E-state index contributed by atoms with van der Waals surface area (Å²) in [6.07, 6.45) is 3.72. The lowest BCUT2D eigenvalue weighted by atomic mass is 10.3. The molecule has 4 aromatic rings. The predicted octanol–water partition coefficient (Wildman–Crippen LogP) is 6.12. The van der Waals surface area contributed by atoms with E-state index in [1.807, 2.05) is 17.1 Å². The maximum absolute atomic E-state index is 5.73. The van der Waals surface area contributed by atoms with Gasteiger partial charge in [0, 0.05) is 32.6 Å². The number of hydrogen-bond donors (Lipinski definition) is 1. The van der Waals surface area contributed by atoms with E-state index in [9.17, 15) is 0 Å². The number of nitrogens with zero attached hydrogens (tertiary/aromatic N) is 3. The Morgan fingerprint density at radius 2 is 1.71 bits per heavy atom. The molecular weight excluding hydrogens is 594 g/mol. The molecule has 0 aliphatic carbocycles. The van der Waals surface area contributed by atoms with E-state index >= 15 is 0 Å². The van der Waals surface area contributed by atoms with Crippen LogP contribution >= 0.6 is 45.2 Å². The minimum atomic E-state index is -0.998. The largest absolute Gasteiger partial charge is 0.360 e. The zero-order valence-corrected chi connectivity index (χ0v) is 21.6. The molecule has 2 aromatic carbocycles. The van der Waals surface area contributed by atoms with Crippen LogP contribution in [0.3, 0.4) is 0 Å². The highest BCUT2D eigenvalue weighted by Gasteiger charge is 2.12. The average Bonchev–Trinajstić information content (AvgIpc) is 3.24. The normalized spacial score (nSPS) is 11.6. The number of hydrogen-bond acceptors (Lipinski definition) is 3. The standard InChI is InChI=1S/C13H19IN2OSi.C7H5IN2/c1-18(2,3)7-6-17-10-16-13-8-12(14)5-4-11(13)9-15-16;8-6-2-1-5-4-9-10-7(5)3-6/h4-5,8-9H,6-7,10H2,1-3H3;1-4H,(H,9,10). The lowest BCUT2D eigenvalue weighted by molar-refractivity contribution is 0.0817. The van der Waals surface area contributed by atoms with E-state index in [0.717, 1.165) is 17.6 Å². The van der Waals surface area contributed by atoms with Crippen LogP contribution in [0.25, 0.3) is 21.8 Å². The fourth-order valence-electron chi connectivity index (χ4n) is 2.59. The van der Waals surface area contributed by atoms with E-state index < -0.39 is 8.07 Å². The zero-order chi connectivity index (χ0) is 20.1. The third-order valence-electron chi connectivity index (χ3n) is 4.22. The highest BCUT2D eigenvalue weighted by atomic mass is 127. The molecule has 28 heavy (non-hydrogen) atoms. The summed E-state index contributed by atoms with van der Waals surface area (Å²) >= 11 is 4.60. The third-order valence-corrected chi connectivity index (χ3v) is 7.27. The molecule has 0 bridgehead atoms. The summed E-state index contributed by atoms with van der Waals surface area (Å²) < 4.78 is 10.1. The molecule has 2 aromatic heterocycles. The Morgan fingerprint density at radius 3 is 2.46 bits per heavy atom. The van der Waals surface area contributed by atoms with Crippen molar-refractivity contribution in [2.75, 3.05) is 6.61 Å². The van der Waals surface area contributed by atoms with Crippen molar-refractivity contribution >= 4 is 75.1 Å². The van der Waals surface area contributed by atoms with Crippen LogP contribution in [0.15, 0.2) is 48.8 Å². The van der Waals surface area contributed by atoms with Crippen LogP contribution < -0.4 is 0 Å². The number of halogens is 2. The molecule has 0 atom stereocenters. The second kappa shape index (κ2) is 9.68. The number of benzene rings is 2. The van der Waals surface area contributed by atoms with Crippen molar-refractivity contribution in [1.29, 1.82) is 0 Å². The first-order chi connectivity index (χ1) is 13.3. The number of rotatable bonds is 5. The fourth-order valence-corrected chi connectivity index (χ4v) is 4.31. The molecule has 0 amide bonds. The summed E-state index contributed by atoms with van der Waals surface area (Å²) in [4.78, 5) is 0. The summed E-state index contributed by atoms with van der Waals surface area (Å²) in [5, 5.41) is 13.5. The van der Waals surface area contributed by atoms with Crippen molar-refractivity contribution in [2.45, 2.75) is 32.4 Å². The van der Waals surface area contributed by atoms with Crippen LogP contribution in [0.2, 0.25) is 25.7 Å². The highest BCUT2D eigenvalue weighted by Crippen LogP contribution is 2.17. The molecule has 148 valence electrons. The second-order valence-electron chi connectivity index (χ2n) is 7.80. The van der Waals surface area contributed by atoms with Gasteiger partial charge in [-0.25, -0.2) is 4.68 Å². The highest BCUT2D eigenvalue weighted by molar-refractivity contribution is 14.1. The van der Waals surface area contributed by atoms with Crippen LogP contribution in [0.4, 0.5) is 0 Å². The van der Waals surface area contributed by atoms with E-state index in [0.29, 0.717) is 6.73 Å². The Kier molecular flexibility index (Phi) is 7.51. The Labute approximate surface area is 193 Å². The van der Waals surface area contributed by atoms with Crippen molar-refractivity contribution in [3.8, 4) is 0 Å². The first-order valence-corrected chi connectivity index (χ1v) is 15.0. The molecule has 0 spiro atoms. The number of fused-ring (bicyclic) bond motifs is 2. The van der Waals surface area contributed by atoms with Gasteiger partial charge in [-0.15, -0.1) is 0 Å². The monoisotopic (exact) mass is 618 g/mol. The summed E-state index contributed by atoms with van der Waals surface area (Å²) in [5.74, 6) is 0. The molecule has 0 saturated carbocycles. The van der Waals surface area contributed by atoms with Gasteiger partial charge in [0.2, 0.25) is 0 Å².